The summed E-state index contributed by atoms with van der Waals surface area (Å²) in [7, 11) is -1.98. The minimum atomic E-state index is -3.69. The third-order valence-corrected chi connectivity index (χ3v) is 5.42. The Morgan fingerprint density at radius 2 is 1.79 bits per heavy atom. The molecule has 2 aromatic rings. The zero-order chi connectivity index (χ0) is 17.9. The Kier molecular flexibility index (Phi) is 5.51. The van der Waals surface area contributed by atoms with Crippen molar-refractivity contribution in [1.82, 2.24) is 0 Å². The van der Waals surface area contributed by atoms with Crippen molar-refractivity contribution in [2.45, 2.75) is 16.3 Å². The number of para-hydroxylation sites is 1. The van der Waals surface area contributed by atoms with Crippen LogP contribution in [0.15, 0.2) is 52.3 Å². The summed E-state index contributed by atoms with van der Waals surface area (Å²) in [6, 6.07) is 12.2. The largest absolute Gasteiger partial charge is 0.365 e. The van der Waals surface area contributed by atoms with Gasteiger partial charge >= 0.3 is 5.69 Å². The lowest BCUT2D eigenvalue weighted by molar-refractivity contribution is -0.387. The number of rotatable bonds is 6. The van der Waals surface area contributed by atoms with Crippen LogP contribution in [0.5, 0.6) is 0 Å². The highest BCUT2D eigenvalue weighted by Gasteiger charge is 2.27. The Morgan fingerprint density at radius 3 is 2.29 bits per heavy atom. The number of nitro groups is 1. The van der Waals surface area contributed by atoms with E-state index in [0.717, 1.165) is 16.7 Å². The Bertz CT molecular complexity index is 849. The average Bonchev–Trinajstić information content (AvgIpc) is 2.53. The van der Waals surface area contributed by atoms with Crippen molar-refractivity contribution >= 4 is 33.0 Å². The summed E-state index contributed by atoms with van der Waals surface area (Å²) in [4.78, 5) is 13.3. The highest BCUT2D eigenvalue weighted by Crippen LogP contribution is 2.34. The quantitative estimate of drug-likeness (QED) is 0.443. The first kappa shape index (κ1) is 18.3. The summed E-state index contributed by atoms with van der Waals surface area (Å²) in [5.41, 5.74) is 0.870. The molecule has 0 N–H and O–H groups in total. The molecule has 0 heterocycles. The van der Waals surface area contributed by atoms with Crippen LogP contribution in [0.1, 0.15) is 5.56 Å². The smallest absolute Gasteiger partial charge is 0.311 e. The van der Waals surface area contributed by atoms with Gasteiger partial charge < -0.3 is 4.90 Å². The van der Waals surface area contributed by atoms with Gasteiger partial charge in [0.1, 0.15) is 10.6 Å². The lowest BCUT2D eigenvalue weighted by atomic mass is 10.2. The number of hydrogen-bond donors (Lipinski definition) is 0. The molecule has 24 heavy (non-hydrogen) atoms. The normalized spacial score (nSPS) is 11.3. The number of hydrogen-bond acceptors (Lipinski definition) is 6. The Morgan fingerprint density at radius 1 is 1.17 bits per heavy atom. The summed E-state index contributed by atoms with van der Waals surface area (Å²) in [6.45, 7) is 0.433. The minimum absolute atomic E-state index is 0.269. The maximum Gasteiger partial charge on any atom is 0.311 e. The van der Waals surface area contributed by atoms with Gasteiger partial charge in [0.15, 0.2) is 9.84 Å². The molecule has 0 saturated heterocycles. The monoisotopic (exact) mass is 366 g/mol. The van der Waals surface area contributed by atoms with Gasteiger partial charge in [-0.25, -0.2) is 8.42 Å². The molecule has 0 radical (unpaired) electrons. The topological polar surface area (TPSA) is 80.5 Å². The highest BCUT2D eigenvalue weighted by molar-refractivity contribution is 7.98. The Hall–Kier alpha value is -2.06. The van der Waals surface area contributed by atoms with E-state index in [2.05, 4.69) is 0 Å². The van der Waals surface area contributed by atoms with E-state index in [-0.39, 0.29) is 16.3 Å². The molecule has 0 bridgehead atoms. The second-order valence-electron chi connectivity index (χ2n) is 5.36. The summed E-state index contributed by atoms with van der Waals surface area (Å²) < 4.78 is 23.7. The highest BCUT2D eigenvalue weighted by atomic mass is 32.2. The number of thioether (sulfide) groups is 1. The first-order valence-corrected chi connectivity index (χ1v) is 10.2. The molecule has 0 saturated carbocycles. The number of sulfone groups is 1. The standard InChI is InChI=1S/C16H18N2O4S2/c1-17(11-12-7-9-13(23-2)10-8-12)14-5-4-6-15(24(3,21)22)16(14)18(19)20/h4-10H,11H2,1-3H3. The van der Waals surface area contributed by atoms with E-state index in [1.807, 2.05) is 30.5 Å². The van der Waals surface area contributed by atoms with E-state index >= 15 is 0 Å². The molecule has 0 aliphatic rings. The van der Waals surface area contributed by atoms with Crippen molar-refractivity contribution in [2.24, 2.45) is 0 Å². The van der Waals surface area contributed by atoms with E-state index < -0.39 is 14.8 Å². The first-order valence-electron chi connectivity index (χ1n) is 7.05. The van der Waals surface area contributed by atoms with Crippen LogP contribution >= 0.6 is 11.8 Å². The van der Waals surface area contributed by atoms with Crippen LogP contribution in [0.2, 0.25) is 0 Å². The van der Waals surface area contributed by atoms with Crippen molar-refractivity contribution < 1.29 is 13.3 Å². The molecule has 0 fully saturated rings. The van der Waals surface area contributed by atoms with Gasteiger partial charge in [0.25, 0.3) is 0 Å². The van der Waals surface area contributed by atoms with Crippen LogP contribution in [0.4, 0.5) is 11.4 Å². The number of benzene rings is 2. The second kappa shape index (κ2) is 7.23. The van der Waals surface area contributed by atoms with E-state index in [9.17, 15) is 18.5 Å². The fourth-order valence-corrected chi connectivity index (χ4v) is 3.66. The summed E-state index contributed by atoms with van der Waals surface area (Å²) >= 11 is 1.63. The molecule has 0 spiro atoms. The molecule has 0 atom stereocenters. The van der Waals surface area contributed by atoms with Crippen LogP contribution in [0, 0.1) is 10.1 Å². The number of anilines is 1. The molecule has 0 unspecified atom stereocenters. The predicted octanol–water partition coefficient (Wildman–Crippen LogP) is 3.36. The van der Waals surface area contributed by atoms with Crippen molar-refractivity contribution in [3.8, 4) is 0 Å². The van der Waals surface area contributed by atoms with Gasteiger partial charge in [-0.1, -0.05) is 18.2 Å². The maximum atomic E-state index is 11.8. The van der Waals surface area contributed by atoms with Crippen molar-refractivity contribution in [2.75, 3.05) is 24.5 Å². The lowest BCUT2D eigenvalue weighted by Gasteiger charge is -2.20. The van der Waals surface area contributed by atoms with E-state index in [0.29, 0.717) is 6.54 Å². The van der Waals surface area contributed by atoms with Crippen LogP contribution in [-0.2, 0) is 16.4 Å². The fourth-order valence-electron chi connectivity index (χ4n) is 2.39. The van der Waals surface area contributed by atoms with E-state index in [1.54, 1.807) is 29.8 Å². The van der Waals surface area contributed by atoms with Gasteiger partial charge in [-0.2, -0.15) is 0 Å². The SMILES string of the molecule is CSc1ccc(CN(C)c2cccc(S(C)(=O)=O)c2[N+](=O)[O-])cc1. The summed E-state index contributed by atoms with van der Waals surface area (Å²) in [5, 5.41) is 11.4. The third-order valence-electron chi connectivity index (χ3n) is 3.55. The van der Waals surface area contributed by atoms with Gasteiger partial charge in [0, 0.05) is 24.7 Å². The average molecular weight is 366 g/mol. The van der Waals surface area contributed by atoms with Crippen LogP contribution in [0.25, 0.3) is 0 Å². The maximum absolute atomic E-state index is 11.8. The van der Waals surface area contributed by atoms with Crippen molar-refractivity contribution in [1.29, 1.82) is 0 Å². The molecular weight excluding hydrogens is 348 g/mol. The van der Waals surface area contributed by atoms with Crippen molar-refractivity contribution in [3.05, 3.63) is 58.1 Å². The van der Waals surface area contributed by atoms with E-state index in [1.165, 1.54) is 12.1 Å². The Labute approximate surface area is 145 Å². The molecule has 0 aliphatic carbocycles. The molecule has 0 aliphatic heterocycles. The minimum Gasteiger partial charge on any atom is -0.365 e. The second-order valence-corrected chi connectivity index (χ2v) is 8.22. The fraction of sp³-hybridized carbons (Fsp3) is 0.250. The lowest BCUT2D eigenvalue weighted by Crippen LogP contribution is -2.18. The molecule has 6 nitrogen and oxygen atoms in total. The molecule has 2 aromatic carbocycles. The molecular formula is C16H18N2O4S2. The zero-order valence-corrected chi connectivity index (χ0v) is 15.2. The van der Waals surface area contributed by atoms with Gasteiger partial charge in [-0.15, -0.1) is 11.8 Å². The zero-order valence-electron chi connectivity index (χ0n) is 13.6. The number of nitro benzene ring substituents is 1. The molecule has 0 amide bonds. The van der Waals surface area contributed by atoms with Crippen molar-refractivity contribution in [3.63, 3.8) is 0 Å². The predicted molar refractivity (Wildman–Crippen MR) is 96.5 cm³/mol. The van der Waals surface area contributed by atoms with E-state index in [4.69, 9.17) is 0 Å². The third kappa shape index (κ3) is 4.07. The molecule has 0 aromatic heterocycles. The molecule has 8 heteroatoms. The Balaban J connectivity index is 2.41. The van der Waals surface area contributed by atoms with Crippen LogP contribution < -0.4 is 4.90 Å². The first-order chi connectivity index (χ1) is 11.2. The van der Waals surface area contributed by atoms with Gasteiger partial charge in [0.05, 0.1) is 4.92 Å². The van der Waals surface area contributed by atoms with Gasteiger partial charge in [-0.05, 0) is 36.1 Å². The summed E-state index contributed by atoms with van der Waals surface area (Å²) in [6.07, 6.45) is 2.96. The molecule has 128 valence electrons. The van der Waals surface area contributed by atoms with Gasteiger partial charge in [0.2, 0.25) is 0 Å². The van der Waals surface area contributed by atoms with Crippen LogP contribution in [0.3, 0.4) is 0 Å². The number of nitrogens with zero attached hydrogens (tertiary/aromatic N) is 2. The van der Waals surface area contributed by atoms with Gasteiger partial charge in [-0.3, -0.25) is 10.1 Å². The molecule has 2 rings (SSSR count). The van der Waals surface area contributed by atoms with Crippen LogP contribution in [-0.4, -0.2) is 32.9 Å². The summed E-state index contributed by atoms with van der Waals surface area (Å²) in [5.74, 6) is 0.